The fraction of sp³-hybridized carbons (Fsp3) is 0.850. The molecule has 2 saturated heterocycles. The van der Waals surface area contributed by atoms with Gasteiger partial charge < -0.3 is 9.42 Å². The van der Waals surface area contributed by atoms with Crippen LogP contribution in [0.5, 0.6) is 0 Å². The molecule has 1 amide bonds. The third-order valence-electron chi connectivity index (χ3n) is 6.61. The summed E-state index contributed by atoms with van der Waals surface area (Å²) < 4.78 is 5.07. The highest BCUT2D eigenvalue weighted by molar-refractivity contribution is 5.79. The van der Waals surface area contributed by atoms with Crippen molar-refractivity contribution >= 4 is 5.91 Å². The fourth-order valence-corrected chi connectivity index (χ4v) is 5.11. The van der Waals surface area contributed by atoms with Crippen LogP contribution in [0.25, 0.3) is 0 Å². The molecule has 3 fully saturated rings. The van der Waals surface area contributed by atoms with Crippen molar-refractivity contribution in [3.63, 3.8) is 0 Å². The molecule has 0 spiro atoms. The molecule has 4 rings (SSSR count). The van der Waals surface area contributed by atoms with E-state index in [4.69, 9.17) is 4.52 Å². The molecule has 6 heteroatoms. The predicted octanol–water partition coefficient (Wildman–Crippen LogP) is 2.81. The minimum absolute atomic E-state index is 0.223. The van der Waals surface area contributed by atoms with E-state index in [-0.39, 0.29) is 5.92 Å². The van der Waals surface area contributed by atoms with E-state index in [2.05, 4.69) is 19.9 Å². The Bertz CT molecular complexity index is 603. The summed E-state index contributed by atoms with van der Waals surface area (Å²) in [5, 5.41) is 4.01. The van der Waals surface area contributed by atoms with Gasteiger partial charge in [0.25, 0.3) is 0 Å². The number of nitrogens with zero attached hydrogens (tertiary/aromatic N) is 4. The van der Waals surface area contributed by atoms with Crippen LogP contribution in [0.15, 0.2) is 4.52 Å². The number of rotatable bonds is 4. The first-order chi connectivity index (χ1) is 12.7. The van der Waals surface area contributed by atoms with Crippen LogP contribution in [-0.2, 0) is 11.2 Å². The minimum atomic E-state index is 0.223. The molecule has 1 aromatic heterocycles. The average Bonchev–Trinajstić information content (AvgIpc) is 3.34. The maximum absolute atomic E-state index is 13.0. The van der Waals surface area contributed by atoms with Crippen molar-refractivity contribution in [2.45, 2.75) is 70.8 Å². The summed E-state index contributed by atoms with van der Waals surface area (Å²) in [4.78, 5) is 22.1. The zero-order valence-electron chi connectivity index (χ0n) is 16.0. The summed E-state index contributed by atoms with van der Waals surface area (Å²) in [5.74, 6) is 2.64. The Hall–Kier alpha value is -1.43. The third-order valence-corrected chi connectivity index (χ3v) is 6.61. The van der Waals surface area contributed by atoms with E-state index in [1.165, 1.54) is 38.6 Å². The fourth-order valence-electron chi connectivity index (χ4n) is 5.11. The highest BCUT2D eigenvalue weighted by atomic mass is 16.5. The Morgan fingerprint density at radius 2 is 1.85 bits per heavy atom. The maximum Gasteiger partial charge on any atom is 0.226 e. The van der Waals surface area contributed by atoms with E-state index < -0.39 is 0 Å². The van der Waals surface area contributed by atoms with Crippen molar-refractivity contribution in [1.29, 1.82) is 0 Å². The number of amides is 1. The second-order valence-corrected chi connectivity index (χ2v) is 8.47. The Morgan fingerprint density at radius 3 is 2.54 bits per heavy atom. The van der Waals surface area contributed by atoms with Crippen molar-refractivity contribution in [1.82, 2.24) is 19.9 Å². The van der Waals surface area contributed by atoms with E-state index in [0.29, 0.717) is 17.7 Å². The molecule has 6 nitrogen and oxygen atoms in total. The van der Waals surface area contributed by atoms with Crippen molar-refractivity contribution in [3.05, 3.63) is 11.7 Å². The van der Waals surface area contributed by atoms with Crippen molar-refractivity contribution in [2.75, 3.05) is 26.2 Å². The van der Waals surface area contributed by atoms with Crippen LogP contribution in [0.3, 0.4) is 0 Å². The Balaban J connectivity index is 1.26. The van der Waals surface area contributed by atoms with Gasteiger partial charge in [-0.1, -0.05) is 18.0 Å². The molecule has 1 aliphatic carbocycles. The average molecular weight is 361 g/mol. The summed E-state index contributed by atoms with van der Waals surface area (Å²) >= 11 is 0. The molecule has 0 aromatic carbocycles. The van der Waals surface area contributed by atoms with Gasteiger partial charge in [-0.15, -0.1) is 0 Å². The van der Waals surface area contributed by atoms with Crippen LogP contribution in [0, 0.1) is 18.8 Å². The van der Waals surface area contributed by atoms with Gasteiger partial charge in [0.15, 0.2) is 5.82 Å². The summed E-state index contributed by atoms with van der Waals surface area (Å²) in [6, 6.07) is 0.745. The lowest BCUT2D eigenvalue weighted by atomic mass is 9.90. The number of carbonyl (C=O) groups is 1. The van der Waals surface area contributed by atoms with Crippen LogP contribution < -0.4 is 0 Å². The van der Waals surface area contributed by atoms with Gasteiger partial charge >= 0.3 is 0 Å². The molecule has 1 aromatic rings. The normalized spacial score (nSPS) is 26.5. The summed E-state index contributed by atoms with van der Waals surface area (Å²) in [6.45, 7) is 5.80. The van der Waals surface area contributed by atoms with E-state index >= 15 is 0 Å². The highest BCUT2D eigenvalue weighted by Crippen LogP contribution is 2.29. The Labute approximate surface area is 156 Å². The van der Waals surface area contributed by atoms with Gasteiger partial charge in [-0.25, -0.2) is 0 Å². The number of aryl methyl sites for hydroxylation is 1. The first-order valence-electron chi connectivity index (χ1n) is 10.5. The van der Waals surface area contributed by atoms with E-state index in [0.717, 1.165) is 57.2 Å². The topological polar surface area (TPSA) is 62.5 Å². The maximum atomic E-state index is 13.0. The number of carbonyl (C=O) groups excluding carboxylic acids is 1. The zero-order valence-corrected chi connectivity index (χ0v) is 16.0. The largest absolute Gasteiger partial charge is 0.342 e. The Morgan fingerprint density at radius 1 is 1.08 bits per heavy atom. The predicted molar refractivity (Wildman–Crippen MR) is 98.6 cm³/mol. The lowest BCUT2D eigenvalue weighted by Crippen LogP contribution is -2.49. The smallest absolute Gasteiger partial charge is 0.226 e. The van der Waals surface area contributed by atoms with Gasteiger partial charge in [-0.3, -0.25) is 9.69 Å². The molecule has 3 aliphatic rings. The number of likely N-dealkylation sites (tertiary alicyclic amines) is 2. The molecule has 2 aliphatic heterocycles. The van der Waals surface area contributed by atoms with E-state index in [1.807, 2.05) is 6.92 Å². The van der Waals surface area contributed by atoms with Crippen molar-refractivity contribution < 1.29 is 9.32 Å². The molecule has 1 atom stereocenters. The molecule has 0 bridgehead atoms. The lowest BCUT2D eigenvalue weighted by molar-refractivity contribution is -0.139. The number of hydrogen-bond acceptors (Lipinski definition) is 5. The monoisotopic (exact) mass is 360 g/mol. The van der Waals surface area contributed by atoms with Gasteiger partial charge in [0, 0.05) is 39.0 Å². The van der Waals surface area contributed by atoms with Crippen LogP contribution in [0.4, 0.5) is 0 Å². The molecule has 0 radical (unpaired) electrons. The van der Waals surface area contributed by atoms with E-state index in [9.17, 15) is 4.79 Å². The first-order valence-corrected chi connectivity index (χ1v) is 10.5. The standard InChI is InChI=1S/C20H32N4O2/c1-15-21-19(22-26-15)13-16-8-11-23(12-9-16)20(25)17-5-4-10-24(14-17)18-6-2-3-7-18/h16-18H,2-14H2,1H3/t17-/m0/s1. The second kappa shape index (κ2) is 8.07. The summed E-state index contributed by atoms with van der Waals surface area (Å²) in [5.41, 5.74) is 0. The second-order valence-electron chi connectivity index (χ2n) is 8.47. The summed E-state index contributed by atoms with van der Waals surface area (Å²) in [7, 11) is 0. The molecular weight excluding hydrogens is 328 g/mol. The molecule has 144 valence electrons. The van der Waals surface area contributed by atoms with Gasteiger partial charge in [-0.05, 0) is 51.0 Å². The van der Waals surface area contributed by atoms with Crippen LogP contribution in [0.2, 0.25) is 0 Å². The Kier molecular flexibility index (Phi) is 5.57. The van der Waals surface area contributed by atoms with Crippen LogP contribution in [0.1, 0.15) is 63.1 Å². The number of hydrogen-bond donors (Lipinski definition) is 0. The van der Waals surface area contributed by atoms with Gasteiger partial charge in [0.1, 0.15) is 0 Å². The molecular formula is C20H32N4O2. The third kappa shape index (κ3) is 4.11. The molecule has 1 saturated carbocycles. The number of piperidine rings is 2. The number of aromatic nitrogens is 2. The van der Waals surface area contributed by atoms with Gasteiger partial charge in [0.05, 0.1) is 5.92 Å². The van der Waals surface area contributed by atoms with Crippen LogP contribution in [-0.4, -0.2) is 58.1 Å². The van der Waals surface area contributed by atoms with Gasteiger partial charge in [0.2, 0.25) is 11.8 Å². The molecule has 3 heterocycles. The zero-order chi connectivity index (χ0) is 17.9. The summed E-state index contributed by atoms with van der Waals surface area (Å²) in [6.07, 6.45) is 10.6. The van der Waals surface area contributed by atoms with Gasteiger partial charge in [-0.2, -0.15) is 4.98 Å². The molecule has 26 heavy (non-hydrogen) atoms. The van der Waals surface area contributed by atoms with Crippen molar-refractivity contribution in [2.24, 2.45) is 11.8 Å². The quantitative estimate of drug-likeness (QED) is 0.826. The highest BCUT2D eigenvalue weighted by Gasteiger charge is 2.34. The first kappa shape index (κ1) is 18.0. The lowest BCUT2D eigenvalue weighted by Gasteiger charge is -2.39. The van der Waals surface area contributed by atoms with Crippen molar-refractivity contribution in [3.8, 4) is 0 Å². The molecule has 0 unspecified atom stereocenters. The SMILES string of the molecule is Cc1nc(CC2CCN(C(=O)[C@H]3CCCN(C4CCCC4)C3)CC2)no1. The van der Waals surface area contributed by atoms with Crippen LogP contribution >= 0.6 is 0 Å². The van der Waals surface area contributed by atoms with E-state index in [1.54, 1.807) is 0 Å². The molecule has 0 N–H and O–H groups in total. The minimum Gasteiger partial charge on any atom is -0.342 e.